The number of hydrogen-bond acceptors (Lipinski definition) is 1. The topological polar surface area (TPSA) is 12.4 Å². The van der Waals surface area contributed by atoms with Gasteiger partial charge in [0.05, 0.1) is 0 Å². The van der Waals surface area contributed by atoms with E-state index in [9.17, 15) is 0 Å². The summed E-state index contributed by atoms with van der Waals surface area (Å²) in [6.07, 6.45) is 0. The molecule has 0 atom stereocenters. The summed E-state index contributed by atoms with van der Waals surface area (Å²) in [5, 5.41) is 0. The third kappa shape index (κ3) is 4.38. The fourth-order valence-electron chi connectivity index (χ4n) is 1.77. The van der Waals surface area contributed by atoms with Gasteiger partial charge in [-0.1, -0.05) is 0 Å². The molecule has 0 amide bonds. The summed E-state index contributed by atoms with van der Waals surface area (Å²) in [6.45, 7) is 18.6. The molecule has 0 fully saturated rings. The van der Waals surface area contributed by atoms with Gasteiger partial charge < -0.3 is 0 Å². The van der Waals surface area contributed by atoms with E-state index in [1.165, 1.54) is 0 Å². The molecule has 0 spiro atoms. The van der Waals surface area contributed by atoms with E-state index in [0.29, 0.717) is 22.6 Å². The molecule has 0 heterocycles. The summed E-state index contributed by atoms with van der Waals surface area (Å²) < 4.78 is 5.33. The van der Waals surface area contributed by atoms with E-state index in [0.717, 1.165) is 0 Å². The Morgan fingerprint density at radius 1 is 0.812 bits per heavy atom. The summed E-state index contributed by atoms with van der Waals surface area (Å²) >= 11 is 3.49. The maximum atomic E-state index is 5.33. The Morgan fingerprint density at radius 2 is 1.12 bits per heavy atom. The minimum absolute atomic E-state index is 0.188. The molecule has 4 heteroatoms. The molecular weight excluding hydrogens is 299 g/mol. The van der Waals surface area contributed by atoms with Crippen molar-refractivity contribution in [3.05, 3.63) is 0 Å². The molecule has 0 rings (SSSR count). The minimum atomic E-state index is -1.25. The number of rotatable bonds is 5. The molecule has 0 aliphatic rings. The van der Waals surface area contributed by atoms with E-state index < -0.39 is 5.66 Å². The monoisotopic (exact) mass is 328 g/mol. The molecule has 0 saturated carbocycles. The molecule has 0 N–H and O–H groups in total. The summed E-state index contributed by atoms with van der Waals surface area (Å²) in [5.41, 5.74) is 1.52. The second-order valence-corrected chi connectivity index (χ2v) is 16.2. The molecule has 0 aromatic heterocycles. The summed E-state index contributed by atoms with van der Waals surface area (Å²) in [4.78, 5) is 0. The first kappa shape index (κ1) is 17.0. The Kier molecular flexibility index (Phi) is 7.29. The van der Waals surface area contributed by atoms with Crippen LogP contribution >= 0.6 is 13.4 Å². The first-order valence-electron chi connectivity index (χ1n) is 6.23. The maximum absolute atomic E-state index is 5.33. The van der Waals surface area contributed by atoms with Crippen molar-refractivity contribution < 1.29 is 0 Å². The first-order valence-corrected chi connectivity index (χ1v) is 11.8. The van der Waals surface area contributed by atoms with Crippen LogP contribution in [0.2, 0.25) is 0 Å². The molecule has 0 aliphatic heterocycles. The van der Waals surface area contributed by atoms with Gasteiger partial charge in [-0.2, -0.15) is 0 Å². The number of hydrogen-bond donors (Lipinski definition) is 0. The molecule has 0 bridgehead atoms. The zero-order chi connectivity index (χ0) is 13.1. The Hall–Kier alpha value is 1.05. The average Bonchev–Trinajstić information content (AvgIpc) is 2.11. The van der Waals surface area contributed by atoms with Crippen molar-refractivity contribution >= 4 is 28.5 Å². The first-order chi connectivity index (χ1) is 7.12. The number of nitrogens with zero attached hydrogens (tertiary/aromatic N) is 1. The molecule has 0 saturated heterocycles. The van der Waals surface area contributed by atoms with Gasteiger partial charge in [0.2, 0.25) is 0 Å². The van der Waals surface area contributed by atoms with Crippen molar-refractivity contribution in [2.24, 2.45) is 4.52 Å². The van der Waals surface area contributed by atoms with Crippen LogP contribution in [0.4, 0.5) is 0 Å². The second-order valence-electron chi connectivity index (χ2n) is 5.52. The quantitative estimate of drug-likeness (QED) is 0.480. The molecule has 0 aromatic carbocycles. The van der Waals surface area contributed by atoms with Crippen LogP contribution in [0, 0.1) is 0 Å². The van der Waals surface area contributed by atoms with Gasteiger partial charge in [0.1, 0.15) is 0 Å². The predicted octanol–water partition coefficient (Wildman–Crippen LogP) is 5.30. The van der Waals surface area contributed by atoms with Crippen LogP contribution in [0.25, 0.3) is 0 Å². The second kappa shape index (κ2) is 6.84. The van der Waals surface area contributed by atoms with Gasteiger partial charge in [-0.25, -0.2) is 0 Å². The standard InChI is InChI=1S/C12H28NP2Se/c1-9(2)14(10(3)4)13-15(16,11(5)6)12(7)8/h9-12H,1-8H3/q+1. The Labute approximate surface area is 111 Å². The van der Waals surface area contributed by atoms with Gasteiger partial charge in [0, 0.05) is 0 Å². The van der Waals surface area contributed by atoms with Crippen molar-refractivity contribution in [1.82, 2.24) is 0 Å². The Morgan fingerprint density at radius 3 is 1.31 bits per heavy atom. The van der Waals surface area contributed by atoms with Crippen LogP contribution in [0.5, 0.6) is 0 Å². The van der Waals surface area contributed by atoms with Gasteiger partial charge in [-0.15, -0.1) is 0 Å². The molecule has 0 aromatic rings. The van der Waals surface area contributed by atoms with Crippen molar-refractivity contribution in [2.45, 2.75) is 78.0 Å². The molecule has 96 valence electrons. The third-order valence-electron chi connectivity index (χ3n) is 2.78. The molecular formula is C12H28NP2Se+. The van der Waals surface area contributed by atoms with Crippen molar-refractivity contribution in [1.29, 1.82) is 0 Å². The van der Waals surface area contributed by atoms with Gasteiger partial charge in [0.15, 0.2) is 0 Å². The Balaban J connectivity index is 5.42. The van der Waals surface area contributed by atoms with Crippen LogP contribution in [0.15, 0.2) is 4.52 Å². The molecule has 1 nitrogen and oxygen atoms in total. The van der Waals surface area contributed by atoms with Crippen molar-refractivity contribution in [3.8, 4) is 0 Å². The van der Waals surface area contributed by atoms with Gasteiger partial charge in [-0.05, 0) is 0 Å². The predicted molar refractivity (Wildman–Crippen MR) is 82.6 cm³/mol. The van der Waals surface area contributed by atoms with Gasteiger partial charge >= 0.3 is 111 Å². The fraction of sp³-hybridized carbons (Fsp3) is 1.00. The zero-order valence-electron chi connectivity index (χ0n) is 12.1. The van der Waals surface area contributed by atoms with Gasteiger partial charge in [0.25, 0.3) is 0 Å². The van der Waals surface area contributed by atoms with Crippen LogP contribution in [-0.2, 0) is 0 Å². The van der Waals surface area contributed by atoms with Crippen molar-refractivity contribution in [3.63, 3.8) is 0 Å². The van der Waals surface area contributed by atoms with E-state index >= 15 is 0 Å². The van der Waals surface area contributed by atoms with Crippen molar-refractivity contribution in [2.75, 3.05) is 0 Å². The van der Waals surface area contributed by atoms with Gasteiger partial charge in [-0.3, -0.25) is 0 Å². The fourth-order valence-corrected chi connectivity index (χ4v) is 10.3. The molecule has 0 unspecified atom stereocenters. The average molecular weight is 327 g/mol. The Bertz CT molecular complexity index is 271. The van der Waals surface area contributed by atoms with Crippen LogP contribution in [0.1, 0.15) is 55.4 Å². The van der Waals surface area contributed by atoms with E-state index in [2.05, 4.69) is 70.5 Å². The van der Waals surface area contributed by atoms with E-state index in [1.807, 2.05) is 0 Å². The van der Waals surface area contributed by atoms with Crippen LogP contribution in [0.3, 0.4) is 0 Å². The molecule has 0 radical (unpaired) electrons. The van der Waals surface area contributed by atoms with E-state index in [-0.39, 0.29) is 7.71 Å². The van der Waals surface area contributed by atoms with E-state index in [4.69, 9.17) is 4.52 Å². The SMILES string of the molecule is CC(C)[P+](=NP(=[Se])(C(C)C)C(C)C)C(C)C. The summed E-state index contributed by atoms with van der Waals surface area (Å²) in [6, 6.07) is 0. The molecule has 16 heavy (non-hydrogen) atoms. The van der Waals surface area contributed by atoms with Crippen LogP contribution < -0.4 is 0 Å². The summed E-state index contributed by atoms with van der Waals surface area (Å²) in [5.74, 6) is 0. The summed E-state index contributed by atoms with van der Waals surface area (Å²) in [7, 11) is -0.188. The molecule has 0 aliphatic carbocycles. The van der Waals surface area contributed by atoms with E-state index in [1.54, 1.807) is 0 Å². The normalized spacial score (nSPS) is 13.0. The zero-order valence-corrected chi connectivity index (χ0v) is 15.6. The third-order valence-corrected chi connectivity index (χ3v) is 16.5. The van der Waals surface area contributed by atoms with Crippen LogP contribution in [-0.4, -0.2) is 37.7 Å².